The minimum atomic E-state index is -0.0993. The molecule has 0 radical (unpaired) electrons. The Kier molecular flexibility index (Phi) is 6.16. The van der Waals surface area contributed by atoms with Gasteiger partial charge in [0.15, 0.2) is 5.82 Å². The van der Waals surface area contributed by atoms with Crippen molar-refractivity contribution in [1.82, 2.24) is 15.0 Å². The van der Waals surface area contributed by atoms with Crippen molar-refractivity contribution in [3.8, 4) is 56.2 Å². The molecular formula is C44H31N3. The molecule has 0 spiro atoms. The Labute approximate surface area is 274 Å². The molecule has 0 amide bonds. The van der Waals surface area contributed by atoms with Crippen LogP contribution in [0, 0.1) is 0 Å². The minimum Gasteiger partial charge on any atom is -0.264 e. The second kappa shape index (κ2) is 10.6. The molecule has 3 nitrogen and oxygen atoms in total. The third kappa shape index (κ3) is 4.46. The Bertz CT molecular complexity index is 2420. The van der Waals surface area contributed by atoms with Gasteiger partial charge >= 0.3 is 0 Å². The highest BCUT2D eigenvalue weighted by molar-refractivity contribution is 6.05. The first kappa shape index (κ1) is 27.4. The fourth-order valence-electron chi connectivity index (χ4n) is 7.33. The Morgan fingerprint density at radius 1 is 0.447 bits per heavy atom. The standard InChI is InChI=1S/C44H31N3/c1-44(2)39-25-31(18-19-36(39)38-23-29-13-6-7-14-30(29)24-40(38)44)33-20-21-37(35-17-9-8-16-34(33)35)42-26-41(32-15-10-22-45-27-32)46-43(47-42)28-11-4-3-5-12-28/h3-27H,1-2H3. The van der Waals surface area contributed by atoms with Crippen LogP contribution in [-0.4, -0.2) is 15.0 Å². The van der Waals surface area contributed by atoms with E-state index in [1.807, 2.05) is 36.5 Å². The molecule has 8 aromatic rings. The Balaban J connectivity index is 1.20. The lowest BCUT2D eigenvalue weighted by molar-refractivity contribution is 0.661. The summed E-state index contributed by atoms with van der Waals surface area (Å²) in [5.74, 6) is 0.697. The molecule has 47 heavy (non-hydrogen) atoms. The molecule has 3 heteroatoms. The van der Waals surface area contributed by atoms with E-state index in [1.165, 1.54) is 49.5 Å². The molecular weight excluding hydrogens is 571 g/mol. The number of hydrogen-bond donors (Lipinski definition) is 0. The second-order valence-electron chi connectivity index (χ2n) is 12.9. The average molecular weight is 602 g/mol. The Morgan fingerprint density at radius 3 is 1.87 bits per heavy atom. The van der Waals surface area contributed by atoms with Crippen molar-refractivity contribution in [2.75, 3.05) is 0 Å². The normalized spacial score (nSPS) is 13.1. The van der Waals surface area contributed by atoms with Gasteiger partial charge in [-0.1, -0.05) is 117 Å². The first-order valence-corrected chi connectivity index (χ1v) is 16.1. The quantitative estimate of drug-likeness (QED) is 0.201. The summed E-state index contributed by atoms with van der Waals surface area (Å²) in [6.45, 7) is 4.72. The average Bonchev–Trinajstić information content (AvgIpc) is 3.35. The van der Waals surface area contributed by atoms with Crippen LogP contribution in [0.5, 0.6) is 0 Å². The van der Waals surface area contributed by atoms with Gasteiger partial charge in [-0.2, -0.15) is 0 Å². The molecule has 6 aromatic carbocycles. The summed E-state index contributed by atoms with van der Waals surface area (Å²) < 4.78 is 0. The number of benzene rings is 6. The van der Waals surface area contributed by atoms with E-state index < -0.39 is 0 Å². The van der Waals surface area contributed by atoms with Gasteiger partial charge in [0, 0.05) is 34.5 Å². The maximum Gasteiger partial charge on any atom is 0.160 e. The molecule has 0 unspecified atom stereocenters. The zero-order chi connectivity index (χ0) is 31.5. The number of hydrogen-bond acceptors (Lipinski definition) is 3. The van der Waals surface area contributed by atoms with E-state index in [2.05, 4.69) is 128 Å². The van der Waals surface area contributed by atoms with Crippen molar-refractivity contribution in [3.05, 3.63) is 163 Å². The predicted octanol–water partition coefficient (Wildman–Crippen LogP) is 11.2. The van der Waals surface area contributed by atoms with Gasteiger partial charge < -0.3 is 0 Å². The maximum absolute atomic E-state index is 5.13. The van der Waals surface area contributed by atoms with E-state index in [9.17, 15) is 0 Å². The van der Waals surface area contributed by atoms with Crippen LogP contribution in [0.1, 0.15) is 25.0 Å². The van der Waals surface area contributed by atoms with E-state index in [4.69, 9.17) is 9.97 Å². The fraction of sp³-hybridized carbons (Fsp3) is 0.0682. The highest BCUT2D eigenvalue weighted by atomic mass is 14.9. The predicted molar refractivity (Wildman–Crippen MR) is 194 cm³/mol. The summed E-state index contributed by atoms with van der Waals surface area (Å²) >= 11 is 0. The summed E-state index contributed by atoms with van der Waals surface area (Å²) in [6, 6.07) is 49.9. The topological polar surface area (TPSA) is 38.7 Å². The van der Waals surface area contributed by atoms with Crippen LogP contribution in [0.2, 0.25) is 0 Å². The fourth-order valence-corrected chi connectivity index (χ4v) is 7.33. The zero-order valence-corrected chi connectivity index (χ0v) is 26.3. The van der Waals surface area contributed by atoms with E-state index in [-0.39, 0.29) is 5.41 Å². The van der Waals surface area contributed by atoms with Crippen LogP contribution in [0.4, 0.5) is 0 Å². The van der Waals surface area contributed by atoms with Crippen LogP contribution < -0.4 is 0 Å². The van der Waals surface area contributed by atoms with Crippen molar-refractivity contribution in [3.63, 3.8) is 0 Å². The van der Waals surface area contributed by atoms with Gasteiger partial charge in [-0.25, -0.2) is 9.97 Å². The molecule has 0 aliphatic heterocycles. The zero-order valence-electron chi connectivity index (χ0n) is 26.3. The SMILES string of the molecule is CC1(C)c2cc(-c3ccc(-c4cc(-c5cccnc5)nc(-c5ccccc5)n4)c4ccccc34)ccc2-c2cc3ccccc3cc21. The van der Waals surface area contributed by atoms with E-state index in [0.29, 0.717) is 5.82 Å². The molecule has 0 fully saturated rings. The molecule has 222 valence electrons. The van der Waals surface area contributed by atoms with Crippen molar-refractivity contribution in [1.29, 1.82) is 0 Å². The van der Waals surface area contributed by atoms with Gasteiger partial charge in [-0.15, -0.1) is 0 Å². The summed E-state index contributed by atoms with van der Waals surface area (Å²) in [6.07, 6.45) is 3.65. The van der Waals surface area contributed by atoms with Gasteiger partial charge in [-0.05, 0) is 91.3 Å². The largest absolute Gasteiger partial charge is 0.264 e. The number of fused-ring (bicyclic) bond motifs is 5. The van der Waals surface area contributed by atoms with Gasteiger partial charge in [0.1, 0.15) is 0 Å². The van der Waals surface area contributed by atoms with Crippen LogP contribution in [-0.2, 0) is 5.41 Å². The molecule has 0 bridgehead atoms. The van der Waals surface area contributed by atoms with Crippen LogP contribution in [0.3, 0.4) is 0 Å². The summed E-state index contributed by atoms with van der Waals surface area (Å²) in [4.78, 5) is 14.5. The molecule has 0 saturated carbocycles. The monoisotopic (exact) mass is 601 g/mol. The third-order valence-corrected chi connectivity index (χ3v) is 9.77. The molecule has 1 aliphatic carbocycles. The van der Waals surface area contributed by atoms with E-state index >= 15 is 0 Å². The Hall–Kier alpha value is -5.93. The second-order valence-corrected chi connectivity index (χ2v) is 12.9. The smallest absolute Gasteiger partial charge is 0.160 e. The van der Waals surface area contributed by atoms with Gasteiger partial charge in [-0.3, -0.25) is 4.98 Å². The lowest BCUT2D eigenvalue weighted by Gasteiger charge is -2.22. The van der Waals surface area contributed by atoms with Crippen molar-refractivity contribution in [2.24, 2.45) is 0 Å². The third-order valence-electron chi connectivity index (χ3n) is 9.77. The van der Waals surface area contributed by atoms with Gasteiger partial charge in [0.05, 0.1) is 11.4 Å². The number of nitrogens with zero attached hydrogens (tertiary/aromatic N) is 3. The van der Waals surface area contributed by atoms with Crippen LogP contribution >= 0.6 is 0 Å². The lowest BCUT2D eigenvalue weighted by atomic mass is 9.81. The summed E-state index contributed by atoms with van der Waals surface area (Å²) in [5.41, 5.74) is 12.5. The van der Waals surface area contributed by atoms with Gasteiger partial charge in [0.2, 0.25) is 0 Å². The molecule has 2 aromatic heterocycles. The first-order valence-electron chi connectivity index (χ1n) is 16.1. The van der Waals surface area contributed by atoms with Crippen molar-refractivity contribution >= 4 is 21.5 Å². The van der Waals surface area contributed by atoms with Crippen LogP contribution in [0.15, 0.2) is 152 Å². The highest BCUT2D eigenvalue weighted by Crippen LogP contribution is 2.51. The number of rotatable bonds is 4. The van der Waals surface area contributed by atoms with Gasteiger partial charge in [0.25, 0.3) is 0 Å². The maximum atomic E-state index is 5.13. The lowest BCUT2D eigenvalue weighted by Crippen LogP contribution is -2.15. The van der Waals surface area contributed by atoms with Crippen molar-refractivity contribution in [2.45, 2.75) is 19.3 Å². The number of pyridine rings is 1. The van der Waals surface area contributed by atoms with E-state index in [0.717, 1.165) is 33.5 Å². The Morgan fingerprint density at radius 2 is 1.09 bits per heavy atom. The molecule has 0 atom stereocenters. The van der Waals surface area contributed by atoms with E-state index in [1.54, 1.807) is 6.20 Å². The summed E-state index contributed by atoms with van der Waals surface area (Å²) in [7, 11) is 0. The number of aromatic nitrogens is 3. The van der Waals surface area contributed by atoms with Crippen molar-refractivity contribution < 1.29 is 0 Å². The molecule has 0 saturated heterocycles. The molecule has 0 N–H and O–H groups in total. The molecule has 2 heterocycles. The molecule has 9 rings (SSSR count). The van der Waals surface area contributed by atoms with Crippen LogP contribution in [0.25, 0.3) is 77.7 Å². The molecule has 1 aliphatic rings. The first-order chi connectivity index (χ1) is 23.0. The highest BCUT2D eigenvalue weighted by Gasteiger charge is 2.36. The minimum absolute atomic E-state index is 0.0993. The summed E-state index contributed by atoms with van der Waals surface area (Å²) in [5, 5.41) is 4.94.